The molecule has 1 aromatic carbocycles. The number of unbranched alkanes of at least 4 members (excludes halogenated alkanes) is 4. The summed E-state index contributed by atoms with van der Waals surface area (Å²) >= 11 is 0. The van der Waals surface area contributed by atoms with Crippen LogP contribution in [0.1, 0.15) is 76.7 Å². The first-order chi connectivity index (χ1) is 13.7. The van der Waals surface area contributed by atoms with Crippen molar-refractivity contribution in [3.8, 4) is 23.1 Å². The maximum Gasteiger partial charge on any atom is 0.123 e. The Morgan fingerprint density at radius 3 is 2.36 bits per heavy atom. The van der Waals surface area contributed by atoms with Crippen molar-refractivity contribution in [1.82, 2.24) is 4.98 Å². The molecule has 0 N–H and O–H groups in total. The summed E-state index contributed by atoms with van der Waals surface area (Å²) in [6.07, 6.45) is 15.4. The number of hydrogen-bond donors (Lipinski definition) is 0. The molecule has 1 heterocycles. The zero-order valence-corrected chi connectivity index (χ0v) is 17.1. The first kappa shape index (κ1) is 20.6. The smallest absolute Gasteiger partial charge is 0.123 e. The molecule has 0 aliphatic heterocycles. The summed E-state index contributed by atoms with van der Waals surface area (Å²) in [5.41, 5.74) is 2.74. The molecular weight excluding hydrogens is 345 g/mol. The second-order valence-corrected chi connectivity index (χ2v) is 8.13. The van der Waals surface area contributed by atoms with E-state index in [4.69, 9.17) is 0 Å². The lowest BCUT2D eigenvalue weighted by Crippen LogP contribution is -2.13. The zero-order chi connectivity index (χ0) is 19.6. The quantitative estimate of drug-likeness (QED) is 0.362. The number of halogens is 1. The van der Waals surface area contributed by atoms with Gasteiger partial charge in [0.1, 0.15) is 5.82 Å². The first-order valence-electron chi connectivity index (χ1n) is 11.0. The van der Waals surface area contributed by atoms with Crippen LogP contribution in [0.15, 0.2) is 42.6 Å². The Balaban J connectivity index is 1.44. The van der Waals surface area contributed by atoms with E-state index in [1.807, 2.05) is 18.3 Å². The second-order valence-electron chi connectivity index (χ2n) is 8.13. The summed E-state index contributed by atoms with van der Waals surface area (Å²) in [4.78, 5) is 4.48. The SMILES string of the molecule is CCCCCCCC1CCC(C#Cc2ccc(-c3ccc(F)cc3)nc2)CC1. The van der Waals surface area contributed by atoms with E-state index in [-0.39, 0.29) is 5.82 Å². The highest BCUT2D eigenvalue weighted by molar-refractivity contribution is 5.59. The molecule has 2 heteroatoms. The Bertz CT molecular complexity index is 759. The van der Waals surface area contributed by atoms with E-state index < -0.39 is 0 Å². The van der Waals surface area contributed by atoms with Gasteiger partial charge in [0, 0.05) is 23.2 Å². The van der Waals surface area contributed by atoms with Gasteiger partial charge in [0.2, 0.25) is 0 Å². The lowest BCUT2D eigenvalue weighted by Gasteiger charge is -2.25. The number of aromatic nitrogens is 1. The van der Waals surface area contributed by atoms with E-state index in [9.17, 15) is 4.39 Å². The molecule has 1 aliphatic rings. The molecule has 1 aliphatic carbocycles. The molecule has 1 fully saturated rings. The van der Waals surface area contributed by atoms with Crippen LogP contribution in [0.5, 0.6) is 0 Å². The van der Waals surface area contributed by atoms with Crippen molar-refractivity contribution < 1.29 is 4.39 Å². The monoisotopic (exact) mass is 377 g/mol. The third kappa shape index (κ3) is 6.48. The van der Waals surface area contributed by atoms with Gasteiger partial charge in [-0.3, -0.25) is 4.98 Å². The standard InChI is InChI=1S/C26H32FN/c1-2-3-4-5-6-7-21-8-10-22(11-9-21)12-13-23-14-19-26(28-20-23)24-15-17-25(27)18-16-24/h14-22H,2-11H2,1H3. The fraction of sp³-hybridized carbons (Fsp3) is 0.500. The van der Waals surface area contributed by atoms with Gasteiger partial charge >= 0.3 is 0 Å². The third-order valence-corrected chi connectivity index (χ3v) is 5.89. The van der Waals surface area contributed by atoms with Gasteiger partial charge in [0.15, 0.2) is 0 Å². The average molecular weight is 378 g/mol. The van der Waals surface area contributed by atoms with Crippen LogP contribution in [-0.4, -0.2) is 4.98 Å². The van der Waals surface area contributed by atoms with Gasteiger partial charge < -0.3 is 0 Å². The lowest BCUT2D eigenvalue weighted by atomic mass is 9.80. The summed E-state index contributed by atoms with van der Waals surface area (Å²) in [6, 6.07) is 10.4. The molecule has 0 atom stereocenters. The van der Waals surface area contributed by atoms with E-state index >= 15 is 0 Å². The normalized spacial score (nSPS) is 19.1. The molecule has 0 radical (unpaired) electrons. The molecule has 3 rings (SSSR count). The topological polar surface area (TPSA) is 12.9 Å². The molecule has 0 saturated heterocycles. The molecule has 1 saturated carbocycles. The Labute approximate surface area is 169 Å². The number of nitrogens with zero attached hydrogens (tertiary/aromatic N) is 1. The molecule has 0 bridgehead atoms. The van der Waals surface area contributed by atoms with Crippen molar-refractivity contribution in [3.63, 3.8) is 0 Å². The van der Waals surface area contributed by atoms with Crippen molar-refractivity contribution >= 4 is 0 Å². The fourth-order valence-electron chi connectivity index (χ4n) is 4.08. The minimum absolute atomic E-state index is 0.225. The molecule has 0 amide bonds. The van der Waals surface area contributed by atoms with Crippen molar-refractivity contribution in [2.45, 2.75) is 71.1 Å². The maximum atomic E-state index is 13.0. The summed E-state index contributed by atoms with van der Waals surface area (Å²) in [7, 11) is 0. The largest absolute Gasteiger partial charge is 0.255 e. The number of hydrogen-bond acceptors (Lipinski definition) is 1. The molecule has 1 aromatic heterocycles. The third-order valence-electron chi connectivity index (χ3n) is 5.89. The molecule has 148 valence electrons. The molecule has 1 nitrogen and oxygen atoms in total. The second kappa shape index (κ2) is 11.0. The summed E-state index contributed by atoms with van der Waals surface area (Å²) in [5.74, 6) is 8.02. The van der Waals surface area contributed by atoms with Crippen LogP contribution in [0.3, 0.4) is 0 Å². The van der Waals surface area contributed by atoms with Gasteiger partial charge in [-0.05, 0) is 68.0 Å². The van der Waals surface area contributed by atoms with Crippen LogP contribution < -0.4 is 0 Å². The highest BCUT2D eigenvalue weighted by atomic mass is 19.1. The van der Waals surface area contributed by atoms with E-state index in [0.717, 1.165) is 22.7 Å². The van der Waals surface area contributed by atoms with Gasteiger partial charge in [0.25, 0.3) is 0 Å². The van der Waals surface area contributed by atoms with Crippen LogP contribution in [0.2, 0.25) is 0 Å². The van der Waals surface area contributed by atoms with Gasteiger partial charge in [0.05, 0.1) is 5.69 Å². The predicted molar refractivity (Wildman–Crippen MR) is 115 cm³/mol. The van der Waals surface area contributed by atoms with Crippen LogP contribution >= 0.6 is 0 Å². The summed E-state index contributed by atoms with van der Waals surface area (Å²) in [5, 5.41) is 0. The molecule has 2 aromatic rings. The molecule has 28 heavy (non-hydrogen) atoms. The number of rotatable bonds is 7. The van der Waals surface area contributed by atoms with E-state index in [1.165, 1.54) is 76.3 Å². The van der Waals surface area contributed by atoms with Crippen molar-refractivity contribution in [1.29, 1.82) is 0 Å². The maximum absolute atomic E-state index is 13.0. The molecular formula is C26H32FN. The van der Waals surface area contributed by atoms with Gasteiger partial charge in [-0.25, -0.2) is 4.39 Å². The lowest BCUT2D eigenvalue weighted by molar-refractivity contribution is 0.294. The van der Waals surface area contributed by atoms with E-state index in [0.29, 0.717) is 5.92 Å². The highest BCUT2D eigenvalue weighted by Gasteiger charge is 2.19. The van der Waals surface area contributed by atoms with E-state index in [1.54, 1.807) is 12.1 Å². The zero-order valence-electron chi connectivity index (χ0n) is 17.1. The average Bonchev–Trinajstić information content (AvgIpc) is 2.74. The minimum atomic E-state index is -0.225. The Kier molecular flexibility index (Phi) is 8.09. The van der Waals surface area contributed by atoms with Crippen LogP contribution in [0, 0.1) is 29.5 Å². The van der Waals surface area contributed by atoms with E-state index in [2.05, 4.69) is 23.7 Å². The van der Waals surface area contributed by atoms with Crippen molar-refractivity contribution in [2.75, 3.05) is 0 Å². The van der Waals surface area contributed by atoms with Crippen LogP contribution in [0.25, 0.3) is 11.3 Å². The van der Waals surface area contributed by atoms with Crippen molar-refractivity contribution in [3.05, 3.63) is 54.0 Å². The van der Waals surface area contributed by atoms with Crippen LogP contribution in [-0.2, 0) is 0 Å². The van der Waals surface area contributed by atoms with Gasteiger partial charge in [-0.1, -0.05) is 57.3 Å². The number of pyridine rings is 1. The Morgan fingerprint density at radius 1 is 0.929 bits per heavy atom. The summed E-state index contributed by atoms with van der Waals surface area (Å²) < 4.78 is 13.0. The molecule has 0 spiro atoms. The van der Waals surface area contributed by atoms with Crippen LogP contribution in [0.4, 0.5) is 4.39 Å². The minimum Gasteiger partial charge on any atom is -0.255 e. The fourth-order valence-corrected chi connectivity index (χ4v) is 4.08. The first-order valence-corrected chi connectivity index (χ1v) is 11.0. The van der Waals surface area contributed by atoms with Crippen molar-refractivity contribution in [2.24, 2.45) is 11.8 Å². The number of benzene rings is 1. The predicted octanol–water partition coefficient (Wildman–Crippen LogP) is 7.41. The Morgan fingerprint density at radius 2 is 1.68 bits per heavy atom. The molecule has 0 unspecified atom stereocenters. The van der Waals surface area contributed by atoms with Gasteiger partial charge in [-0.2, -0.15) is 0 Å². The Hall–Kier alpha value is -2.14. The highest BCUT2D eigenvalue weighted by Crippen LogP contribution is 2.31. The van der Waals surface area contributed by atoms with Gasteiger partial charge in [-0.15, -0.1) is 0 Å². The summed E-state index contributed by atoms with van der Waals surface area (Å²) in [6.45, 7) is 2.28.